The monoisotopic (exact) mass is 299 g/mol. The lowest BCUT2D eigenvalue weighted by Crippen LogP contribution is -2.57. The van der Waals surface area contributed by atoms with Crippen LogP contribution < -0.4 is 0 Å². The van der Waals surface area contributed by atoms with Crippen LogP contribution in [0.1, 0.15) is 41.6 Å². The van der Waals surface area contributed by atoms with Gasteiger partial charge >= 0.3 is 0 Å². The Labute approximate surface area is 129 Å². The van der Waals surface area contributed by atoms with Crippen molar-refractivity contribution in [3.63, 3.8) is 0 Å². The lowest BCUT2D eigenvalue weighted by molar-refractivity contribution is -0.0501. The second kappa shape index (κ2) is 5.09. The molecule has 1 aliphatic carbocycles. The number of H-pyrrole nitrogens is 1. The summed E-state index contributed by atoms with van der Waals surface area (Å²) < 4.78 is 5.71. The van der Waals surface area contributed by atoms with Crippen molar-refractivity contribution in [3.8, 4) is 0 Å². The van der Waals surface area contributed by atoms with E-state index in [1.807, 2.05) is 13.0 Å². The highest BCUT2D eigenvalue weighted by atomic mass is 16.5. The van der Waals surface area contributed by atoms with Crippen molar-refractivity contribution < 1.29 is 9.53 Å². The number of aromatic nitrogens is 2. The summed E-state index contributed by atoms with van der Waals surface area (Å²) >= 11 is 0. The number of nitrogens with zero attached hydrogens (tertiary/aromatic N) is 2. The number of aromatic amines is 1. The molecule has 1 aromatic heterocycles. The summed E-state index contributed by atoms with van der Waals surface area (Å²) in [7, 11) is 0. The summed E-state index contributed by atoms with van der Waals surface area (Å²) in [6, 6.07) is 4.03. The van der Waals surface area contributed by atoms with Crippen molar-refractivity contribution in [2.75, 3.05) is 19.8 Å². The molecule has 5 nitrogen and oxygen atoms in total. The van der Waals surface area contributed by atoms with Crippen LogP contribution in [-0.4, -0.2) is 46.3 Å². The topological polar surface area (TPSA) is 58.2 Å². The molecule has 0 bridgehead atoms. The van der Waals surface area contributed by atoms with Crippen molar-refractivity contribution >= 4 is 16.8 Å². The van der Waals surface area contributed by atoms with Gasteiger partial charge in [-0.3, -0.25) is 9.89 Å². The Morgan fingerprint density at radius 2 is 2.18 bits per heavy atom. The predicted molar refractivity (Wildman–Crippen MR) is 83.9 cm³/mol. The number of benzene rings is 1. The van der Waals surface area contributed by atoms with Crippen LogP contribution in [0.25, 0.3) is 10.9 Å². The van der Waals surface area contributed by atoms with E-state index in [1.165, 1.54) is 12.8 Å². The van der Waals surface area contributed by atoms with Crippen molar-refractivity contribution in [3.05, 3.63) is 29.5 Å². The van der Waals surface area contributed by atoms with E-state index >= 15 is 0 Å². The average Bonchev–Trinajstić information content (AvgIpc) is 3.16. The number of carbonyl (C=O) groups is 1. The van der Waals surface area contributed by atoms with Gasteiger partial charge in [-0.2, -0.15) is 5.10 Å². The summed E-state index contributed by atoms with van der Waals surface area (Å²) in [5, 5.41) is 8.08. The molecule has 0 atom stereocenters. The zero-order chi connectivity index (χ0) is 15.2. The number of rotatable bonds is 1. The molecule has 1 aliphatic heterocycles. The maximum absolute atomic E-state index is 13.2. The number of ether oxygens (including phenoxy) is 1. The molecule has 116 valence electrons. The molecule has 1 aromatic carbocycles. The molecule has 0 unspecified atom stereocenters. The molecule has 2 aromatic rings. The van der Waals surface area contributed by atoms with Crippen molar-refractivity contribution in [1.29, 1.82) is 0 Å². The van der Waals surface area contributed by atoms with Crippen LogP contribution >= 0.6 is 0 Å². The first-order valence-electron chi connectivity index (χ1n) is 8.03. The summed E-state index contributed by atoms with van der Waals surface area (Å²) in [6.07, 6.45) is 6.25. The number of morpholine rings is 1. The quantitative estimate of drug-likeness (QED) is 0.880. The van der Waals surface area contributed by atoms with Gasteiger partial charge in [-0.05, 0) is 37.5 Å². The molecule has 1 N–H and O–H groups in total. The van der Waals surface area contributed by atoms with E-state index < -0.39 is 0 Å². The van der Waals surface area contributed by atoms with Crippen LogP contribution in [0, 0.1) is 6.92 Å². The van der Waals surface area contributed by atoms with Gasteiger partial charge in [0, 0.05) is 11.9 Å². The molecule has 1 amide bonds. The van der Waals surface area contributed by atoms with Crippen LogP contribution in [0.5, 0.6) is 0 Å². The molecule has 1 saturated heterocycles. The van der Waals surface area contributed by atoms with Crippen LogP contribution in [0.4, 0.5) is 0 Å². The van der Waals surface area contributed by atoms with Crippen LogP contribution in [0.15, 0.2) is 18.3 Å². The van der Waals surface area contributed by atoms with E-state index in [4.69, 9.17) is 4.74 Å². The average molecular weight is 299 g/mol. The number of amides is 1. The SMILES string of the molecule is Cc1cc(C(=O)N2CCOCC23CCCC3)c2[nH]ncc2c1. The maximum atomic E-state index is 13.2. The molecular weight excluding hydrogens is 278 g/mol. The second-order valence-corrected chi connectivity index (χ2v) is 6.59. The van der Waals surface area contributed by atoms with Crippen LogP contribution in [0.3, 0.4) is 0 Å². The molecule has 5 heteroatoms. The van der Waals surface area contributed by atoms with Gasteiger partial charge in [-0.1, -0.05) is 12.8 Å². The second-order valence-electron chi connectivity index (χ2n) is 6.59. The molecule has 2 fully saturated rings. The first-order chi connectivity index (χ1) is 10.7. The Morgan fingerprint density at radius 1 is 1.36 bits per heavy atom. The van der Waals surface area contributed by atoms with Gasteiger partial charge in [-0.25, -0.2) is 0 Å². The van der Waals surface area contributed by atoms with E-state index in [0.29, 0.717) is 19.8 Å². The first kappa shape index (κ1) is 13.8. The number of fused-ring (bicyclic) bond motifs is 1. The third-order valence-corrected chi connectivity index (χ3v) is 5.11. The highest BCUT2D eigenvalue weighted by Crippen LogP contribution is 2.38. The first-order valence-corrected chi connectivity index (χ1v) is 8.03. The largest absolute Gasteiger partial charge is 0.377 e. The van der Waals surface area contributed by atoms with Crippen molar-refractivity contribution in [2.45, 2.75) is 38.1 Å². The van der Waals surface area contributed by atoms with E-state index in [9.17, 15) is 4.79 Å². The predicted octanol–water partition coefficient (Wildman–Crippen LogP) is 2.66. The van der Waals surface area contributed by atoms with Gasteiger partial charge in [0.2, 0.25) is 0 Å². The minimum absolute atomic E-state index is 0.0918. The number of carbonyl (C=O) groups excluding carboxylic acids is 1. The minimum atomic E-state index is -0.0918. The van der Waals surface area contributed by atoms with Gasteiger partial charge in [0.1, 0.15) is 0 Å². The fourth-order valence-electron chi connectivity index (χ4n) is 4.02. The fourth-order valence-corrected chi connectivity index (χ4v) is 4.02. The zero-order valence-electron chi connectivity index (χ0n) is 12.9. The molecule has 1 saturated carbocycles. The Balaban J connectivity index is 1.77. The maximum Gasteiger partial charge on any atom is 0.256 e. The van der Waals surface area contributed by atoms with Gasteiger partial charge < -0.3 is 9.64 Å². The Bertz CT molecular complexity index is 716. The lowest BCUT2D eigenvalue weighted by Gasteiger charge is -2.44. The van der Waals surface area contributed by atoms with E-state index in [2.05, 4.69) is 21.2 Å². The third-order valence-electron chi connectivity index (χ3n) is 5.11. The molecule has 22 heavy (non-hydrogen) atoms. The van der Waals surface area contributed by atoms with Gasteiger partial charge in [0.25, 0.3) is 5.91 Å². The van der Waals surface area contributed by atoms with E-state index in [0.717, 1.165) is 34.9 Å². The molecule has 4 rings (SSSR count). The molecule has 2 heterocycles. The smallest absolute Gasteiger partial charge is 0.256 e. The summed E-state index contributed by atoms with van der Waals surface area (Å²) in [4.78, 5) is 15.3. The number of hydrogen-bond acceptors (Lipinski definition) is 3. The molecular formula is C17H21N3O2. The highest BCUT2D eigenvalue weighted by Gasteiger charge is 2.44. The summed E-state index contributed by atoms with van der Waals surface area (Å²) in [5.74, 6) is 0.114. The normalized spacial score (nSPS) is 20.9. The van der Waals surface area contributed by atoms with Crippen LogP contribution in [0.2, 0.25) is 0 Å². The Kier molecular flexibility index (Phi) is 3.18. The van der Waals surface area contributed by atoms with Gasteiger partial charge in [0.15, 0.2) is 0 Å². The van der Waals surface area contributed by atoms with E-state index in [1.54, 1.807) is 6.20 Å². The number of nitrogens with one attached hydrogen (secondary N) is 1. The van der Waals surface area contributed by atoms with Crippen LogP contribution in [-0.2, 0) is 4.74 Å². The third kappa shape index (κ3) is 2.03. The Hall–Kier alpha value is -1.88. The van der Waals surface area contributed by atoms with E-state index in [-0.39, 0.29) is 11.4 Å². The molecule has 1 spiro atoms. The van der Waals surface area contributed by atoms with Crippen molar-refractivity contribution in [2.24, 2.45) is 0 Å². The zero-order valence-corrected chi connectivity index (χ0v) is 12.9. The Morgan fingerprint density at radius 3 is 3.00 bits per heavy atom. The molecule has 0 radical (unpaired) electrons. The summed E-state index contributed by atoms with van der Waals surface area (Å²) in [6.45, 7) is 4.01. The van der Waals surface area contributed by atoms with Crippen molar-refractivity contribution in [1.82, 2.24) is 15.1 Å². The number of aryl methyl sites for hydroxylation is 1. The molecule has 2 aliphatic rings. The standard InChI is InChI=1S/C17H21N3O2/c1-12-8-13-10-18-19-15(13)14(9-12)16(21)20-6-7-22-11-17(20)4-2-3-5-17/h8-10H,2-7,11H2,1H3,(H,18,19). The minimum Gasteiger partial charge on any atom is -0.377 e. The van der Waals surface area contributed by atoms with Gasteiger partial charge in [0.05, 0.1) is 36.0 Å². The summed E-state index contributed by atoms with van der Waals surface area (Å²) in [5.41, 5.74) is 2.58. The highest BCUT2D eigenvalue weighted by molar-refractivity contribution is 6.06. The number of hydrogen-bond donors (Lipinski definition) is 1. The fraction of sp³-hybridized carbons (Fsp3) is 0.529. The lowest BCUT2D eigenvalue weighted by atomic mass is 9.93. The van der Waals surface area contributed by atoms with Gasteiger partial charge in [-0.15, -0.1) is 0 Å².